The van der Waals surface area contributed by atoms with Crippen LogP contribution in [0.2, 0.25) is 0 Å². The third-order valence-corrected chi connectivity index (χ3v) is 13.9. The lowest BCUT2D eigenvalue weighted by molar-refractivity contribution is -0.159. The van der Waals surface area contributed by atoms with Crippen LogP contribution >= 0.6 is 0 Å². The molecule has 4 aliphatic rings. The first-order chi connectivity index (χ1) is 29.5. The summed E-state index contributed by atoms with van der Waals surface area (Å²) in [5, 5.41) is 20.1. The number of aryl methyl sites for hydroxylation is 1. The molecule has 4 aliphatic heterocycles. The van der Waals surface area contributed by atoms with Gasteiger partial charge in [0.15, 0.2) is 0 Å². The number of nitrogens with one attached hydrogen (secondary N) is 3. The normalized spacial score (nSPS) is 25.5. The minimum absolute atomic E-state index is 0.0173. The SMILES string of the molecule is CCn1c(-c2cccnc2[C@H](C)OC)c2c3cc(ccc31)-c1cc(O)cc(c1)C[C@H](NC(=O)[C@H]1N(C)C(=O)[C@@H]3CNC[C@@H]3C1(C)C)C(=O)N1CCC[C@H](N1)C(=O)OCC(C)(C)C2. The van der Waals surface area contributed by atoms with Gasteiger partial charge in [-0.3, -0.25) is 29.2 Å². The van der Waals surface area contributed by atoms with Gasteiger partial charge in [-0.05, 0) is 110 Å². The van der Waals surface area contributed by atoms with Gasteiger partial charge in [0.2, 0.25) is 11.8 Å². The van der Waals surface area contributed by atoms with Crippen LogP contribution in [0.3, 0.4) is 0 Å². The molecule has 14 heteroatoms. The van der Waals surface area contributed by atoms with E-state index >= 15 is 0 Å². The number of amides is 3. The molecule has 4 aromatic rings. The predicted molar refractivity (Wildman–Crippen MR) is 236 cm³/mol. The number of rotatable bonds is 6. The van der Waals surface area contributed by atoms with E-state index in [9.17, 15) is 24.3 Å². The Morgan fingerprint density at radius 2 is 1.85 bits per heavy atom. The summed E-state index contributed by atoms with van der Waals surface area (Å²) in [4.78, 5) is 63.0. The zero-order valence-electron chi connectivity index (χ0n) is 37.2. The number of methoxy groups -OCH3 is 1. The Hall–Kier alpha value is -5.31. The van der Waals surface area contributed by atoms with E-state index in [0.29, 0.717) is 51.0 Å². The summed E-state index contributed by atoms with van der Waals surface area (Å²) in [5.74, 6) is -1.68. The van der Waals surface area contributed by atoms with Gasteiger partial charge in [0.05, 0.1) is 30.0 Å². The van der Waals surface area contributed by atoms with Crippen LogP contribution in [0.5, 0.6) is 5.75 Å². The average molecular weight is 848 g/mol. The number of aromatic hydroxyl groups is 1. The number of likely N-dealkylation sites (N-methyl/N-ethyl adjacent to an activating group) is 1. The maximum atomic E-state index is 14.7. The number of benzene rings is 2. The van der Waals surface area contributed by atoms with Gasteiger partial charge in [-0.25, -0.2) is 5.43 Å². The van der Waals surface area contributed by atoms with Crippen LogP contribution in [0.15, 0.2) is 54.7 Å². The third-order valence-electron chi connectivity index (χ3n) is 13.9. The number of aromatic nitrogens is 2. The molecular weight excluding hydrogens is 787 g/mol. The number of likely N-dealkylation sites (tertiary alicyclic amines) is 1. The molecule has 62 heavy (non-hydrogen) atoms. The van der Waals surface area contributed by atoms with Gasteiger partial charge >= 0.3 is 5.97 Å². The number of pyridine rings is 1. The molecule has 0 aliphatic carbocycles. The lowest BCUT2D eigenvalue weighted by Crippen LogP contribution is -2.66. The van der Waals surface area contributed by atoms with E-state index in [0.717, 1.165) is 44.5 Å². The zero-order valence-corrected chi connectivity index (χ0v) is 37.2. The number of piperidine rings is 1. The molecule has 14 nitrogen and oxygen atoms in total. The Bertz CT molecular complexity index is 2410. The van der Waals surface area contributed by atoms with Crippen LogP contribution in [0, 0.1) is 22.7 Å². The number of cyclic esters (lactones) is 1. The van der Waals surface area contributed by atoms with Crippen LogP contribution in [-0.4, -0.2) is 107 Å². The molecule has 0 spiro atoms. The van der Waals surface area contributed by atoms with Crippen molar-refractivity contribution in [2.45, 2.75) is 98.0 Å². The van der Waals surface area contributed by atoms with Crippen molar-refractivity contribution < 1.29 is 33.8 Å². The third kappa shape index (κ3) is 7.85. The van der Waals surface area contributed by atoms with E-state index < -0.39 is 46.7 Å². The minimum atomic E-state index is -1.10. The Labute approximate surface area is 363 Å². The summed E-state index contributed by atoms with van der Waals surface area (Å²) in [5.41, 5.74) is 9.15. The lowest BCUT2D eigenvalue weighted by atomic mass is 9.64. The van der Waals surface area contributed by atoms with Crippen molar-refractivity contribution >= 4 is 34.6 Å². The van der Waals surface area contributed by atoms with Crippen molar-refractivity contribution in [2.24, 2.45) is 22.7 Å². The number of esters is 1. The Morgan fingerprint density at radius 1 is 1.06 bits per heavy atom. The van der Waals surface area contributed by atoms with Gasteiger partial charge in [0.1, 0.15) is 23.9 Å². The van der Waals surface area contributed by atoms with Crippen molar-refractivity contribution in [3.8, 4) is 28.1 Å². The monoisotopic (exact) mass is 847 g/mol. The highest BCUT2D eigenvalue weighted by atomic mass is 16.5. The summed E-state index contributed by atoms with van der Waals surface area (Å²) in [6.45, 7) is 14.6. The average Bonchev–Trinajstić information content (AvgIpc) is 3.87. The van der Waals surface area contributed by atoms with Crippen molar-refractivity contribution in [1.82, 2.24) is 35.5 Å². The fourth-order valence-corrected chi connectivity index (χ4v) is 10.6. The second-order valence-electron chi connectivity index (χ2n) is 19.1. The summed E-state index contributed by atoms with van der Waals surface area (Å²) < 4.78 is 14.2. The highest BCUT2D eigenvalue weighted by molar-refractivity contribution is 5.96. The van der Waals surface area contributed by atoms with E-state index in [2.05, 4.69) is 59.6 Å². The number of phenolic OH excluding ortho intramolecular Hbond substituents is 1. The number of carbonyl (C=O) groups excluding carboxylic acids is 4. The Morgan fingerprint density at radius 3 is 2.61 bits per heavy atom. The van der Waals surface area contributed by atoms with Gasteiger partial charge in [-0.2, -0.15) is 0 Å². The van der Waals surface area contributed by atoms with Crippen molar-refractivity contribution in [1.29, 1.82) is 0 Å². The maximum absolute atomic E-state index is 14.7. The van der Waals surface area contributed by atoms with E-state index in [-0.39, 0.29) is 42.6 Å². The highest BCUT2D eigenvalue weighted by Crippen LogP contribution is 2.45. The van der Waals surface area contributed by atoms with Gasteiger partial charge < -0.3 is 34.7 Å². The van der Waals surface area contributed by atoms with Crippen LogP contribution in [-0.2, 0) is 48.0 Å². The van der Waals surface area contributed by atoms with Crippen LogP contribution in [0.1, 0.15) is 77.3 Å². The number of hydrogen-bond acceptors (Lipinski definition) is 10. The fourth-order valence-electron chi connectivity index (χ4n) is 10.6. The van der Waals surface area contributed by atoms with Crippen LogP contribution in [0.4, 0.5) is 0 Å². The molecule has 2 aromatic carbocycles. The summed E-state index contributed by atoms with van der Waals surface area (Å²) in [6.07, 6.45) is 3.12. The van der Waals surface area contributed by atoms with E-state index in [4.69, 9.17) is 14.5 Å². The summed E-state index contributed by atoms with van der Waals surface area (Å²) in [7, 11) is 3.34. The number of ether oxygens (including phenoxy) is 2. The van der Waals surface area contributed by atoms with Gasteiger partial charge in [0.25, 0.3) is 5.91 Å². The number of carbonyl (C=O) groups is 4. The summed E-state index contributed by atoms with van der Waals surface area (Å²) >= 11 is 0. The molecule has 4 N–H and O–H groups in total. The van der Waals surface area contributed by atoms with Crippen LogP contribution < -0.4 is 16.1 Å². The van der Waals surface area contributed by atoms with Crippen molar-refractivity contribution in [3.05, 3.63) is 71.5 Å². The smallest absolute Gasteiger partial charge is 0.324 e. The largest absolute Gasteiger partial charge is 0.508 e. The van der Waals surface area contributed by atoms with Crippen molar-refractivity contribution in [3.63, 3.8) is 0 Å². The Kier molecular flexibility index (Phi) is 11.7. The molecule has 6 heterocycles. The Balaban J connectivity index is 1.25. The van der Waals surface area contributed by atoms with Gasteiger partial charge in [-0.15, -0.1) is 0 Å². The first-order valence-corrected chi connectivity index (χ1v) is 22.0. The molecule has 0 unspecified atom stereocenters. The van der Waals surface area contributed by atoms with E-state index in [1.807, 2.05) is 39.0 Å². The quantitative estimate of drug-likeness (QED) is 0.191. The van der Waals surface area contributed by atoms with E-state index in [1.54, 1.807) is 32.5 Å². The number of nitrogens with zero attached hydrogens (tertiary/aromatic N) is 4. The molecule has 0 saturated carbocycles. The minimum Gasteiger partial charge on any atom is -0.508 e. The van der Waals surface area contributed by atoms with Gasteiger partial charge in [-0.1, -0.05) is 39.8 Å². The first kappa shape index (κ1) is 43.3. The number of hydrazine groups is 1. The number of hydrogen-bond donors (Lipinski definition) is 4. The van der Waals surface area contributed by atoms with Crippen molar-refractivity contribution in [2.75, 3.05) is 40.4 Å². The highest BCUT2D eigenvalue weighted by Gasteiger charge is 2.56. The molecule has 330 valence electrons. The number of phenols is 1. The second kappa shape index (κ2) is 16.8. The lowest BCUT2D eigenvalue weighted by Gasteiger charge is -2.50. The molecule has 3 fully saturated rings. The first-order valence-electron chi connectivity index (χ1n) is 22.0. The van der Waals surface area contributed by atoms with E-state index in [1.165, 1.54) is 9.91 Å². The van der Waals surface area contributed by atoms with Crippen LogP contribution in [0.25, 0.3) is 33.3 Å². The predicted octanol–water partition coefficient (Wildman–Crippen LogP) is 5.15. The molecule has 6 atom stereocenters. The molecule has 3 saturated heterocycles. The molecule has 3 amide bonds. The molecule has 8 rings (SSSR count). The van der Waals surface area contributed by atoms with Gasteiger partial charge in [0, 0.05) is 68.3 Å². The molecule has 6 bridgehead atoms. The maximum Gasteiger partial charge on any atom is 0.324 e. The zero-order chi connectivity index (χ0) is 44.2. The molecule has 0 radical (unpaired) electrons. The fraction of sp³-hybridized carbons (Fsp3) is 0.521. The topological polar surface area (TPSA) is 167 Å². The molecular formula is C48H61N7O7. The standard InChI is InChI=1S/C48H61N7O7/c1-9-54-39-15-14-29-22-33(39)34(41(54)32-12-10-16-50-40(32)27(2)61-8)23-47(3,4)26-62-46(60)37-13-11-17-55(52-37)45(59)38(20-28-18-30(29)21-31(56)19-28)51-43(57)42-48(5,6)36-25-49-24-35(36)44(58)53(42)7/h10,12,14-16,18-19,21-22,27,35-38,42,49,52,56H,9,11,13,17,20,23-26H2,1-8H3,(H,51,57)/t27-,35+,36-,37-,38-,42+/m0/s1. The summed E-state index contributed by atoms with van der Waals surface area (Å²) in [6, 6.07) is 12.9. The second-order valence-corrected chi connectivity index (χ2v) is 19.1. The molecule has 2 aromatic heterocycles. The number of fused-ring (bicyclic) bond motifs is 7.